The smallest absolute Gasteiger partial charge is 0.407 e. The van der Waals surface area contributed by atoms with Crippen LogP contribution in [0.1, 0.15) is 67.9 Å². The first-order valence-corrected chi connectivity index (χ1v) is 15.2. The molecule has 4 rings (SSSR count). The van der Waals surface area contributed by atoms with Crippen LogP contribution in [-0.4, -0.2) is 59.1 Å². The van der Waals surface area contributed by atoms with Crippen LogP contribution in [0.4, 0.5) is 10.5 Å². The second kappa shape index (κ2) is 15.2. The van der Waals surface area contributed by atoms with Crippen LogP contribution in [-0.2, 0) is 27.3 Å². The number of amides is 3. The standard InChI is InChI=1S/C35H41N3O7/c1-35(2,3)45-34(43)36-19-9-5-6-11-25-16-17-30-29(22-25)33(42)37(20-18-32(40)41)24-31(39)38(30)23-26-12-10-15-28(21-26)44-27-13-7-4-8-14-27/h4,7-8,10,12-17,21-22H,5-6,9,11,18-20,23-24H2,1-3H3,(H,36,43)(H,40,41). The van der Waals surface area contributed by atoms with Crippen molar-refractivity contribution in [3.63, 3.8) is 0 Å². The van der Waals surface area contributed by atoms with Crippen LogP contribution < -0.4 is 15.0 Å². The molecule has 0 saturated heterocycles. The van der Waals surface area contributed by atoms with Crippen LogP contribution in [0.25, 0.3) is 0 Å². The number of aliphatic carboxylic acids is 1. The number of alkyl carbamates (subject to hydrolysis) is 1. The fraction of sp³-hybridized carbons (Fsp3) is 0.371. The maximum atomic E-state index is 13.7. The molecular formula is C35H41N3O7. The molecule has 3 amide bonds. The number of carboxylic acid groups (broad SMARTS) is 1. The second-order valence-corrected chi connectivity index (χ2v) is 12.0. The van der Waals surface area contributed by atoms with Crippen molar-refractivity contribution >= 4 is 29.6 Å². The van der Waals surface area contributed by atoms with Crippen LogP contribution in [0.5, 0.6) is 11.5 Å². The molecule has 10 heteroatoms. The zero-order chi connectivity index (χ0) is 32.4. The van der Waals surface area contributed by atoms with Crippen LogP contribution in [0.2, 0.25) is 0 Å². The normalized spacial score (nSPS) is 13.2. The highest BCUT2D eigenvalue weighted by molar-refractivity contribution is 6.09. The number of carbonyl (C=O) groups excluding carboxylic acids is 3. The number of fused-ring (bicyclic) bond motifs is 1. The van der Waals surface area contributed by atoms with Gasteiger partial charge in [0.25, 0.3) is 5.91 Å². The fourth-order valence-electron chi connectivity index (χ4n) is 5.01. The van der Waals surface area contributed by atoms with Gasteiger partial charge in [-0.2, -0.15) is 0 Å². The Hall–Kier alpha value is -4.86. The van der Waals surface area contributed by atoms with E-state index >= 15 is 0 Å². The maximum absolute atomic E-state index is 13.7. The first-order chi connectivity index (χ1) is 21.5. The van der Waals surface area contributed by atoms with Crippen molar-refractivity contribution in [3.8, 4) is 11.5 Å². The van der Waals surface area contributed by atoms with Crippen molar-refractivity contribution in [2.75, 3.05) is 24.5 Å². The summed E-state index contributed by atoms with van der Waals surface area (Å²) < 4.78 is 11.2. The number of aryl methyl sites for hydroxylation is 1. The molecule has 238 valence electrons. The van der Waals surface area contributed by atoms with E-state index in [0.29, 0.717) is 35.7 Å². The average Bonchev–Trinajstić information content (AvgIpc) is 3.07. The summed E-state index contributed by atoms with van der Waals surface area (Å²) in [6, 6.07) is 22.4. The third-order valence-corrected chi connectivity index (χ3v) is 7.12. The lowest BCUT2D eigenvalue weighted by Gasteiger charge is -2.23. The van der Waals surface area contributed by atoms with Crippen molar-refractivity contribution in [1.29, 1.82) is 0 Å². The highest BCUT2D eigenvalue weighted by Gasteiger charge is 2.32. The number of carbonyl (C=O) groups is 4. The molecule has 0 saturated carbocycles. The van der Waals surface area contributed by atoms with E-state index < -0.39 is 17.7 Å². The minimum Gasteiger partial charge on any atom is -0.481 e. The highest BCUT2D eigenvalue weighted by Crippen LogP contribution is 2.30. The van der Waals surface area contributed by atoms with E-state index in [9.17, 15) is 24.3 Å². The van der Waals surface area contributed by atoms with E-state index in [1.807, 2.05) is 87.5 Å². The van der Waals surface area contributed by atoms with Gasteiger partial charge >= 0.3 is 12.1 Å². The Bertz CT molecular complexity index is 1500. The first-order valence-electron chi connectivity index (χ1n) is 15.2. The van der Waals surface area contributed by atoms with Crippen molar-refractivity contribution in [2.24, 2.45) is 0 Å². The van der Waals surface area contributed by atoms with Gasteiger partial charge in [-0.05, 0) is 87.6 Å². The largest absolute Gasteiger partial charge is 0.481 e. The number of anilines is 1. The van der Waals surface area contributed by atoms with Gasteiger partial charge in [-0.3, -0.25) is 14.4 Å². The number of benzene rings is 3. The zero-order valence-corrected chi connectivity index (χ0v) is 26.1. The van der Waals surface area contributed by atoms with E-state index in [-0.39, 0.29) is 37.9 Å². The molecule has 0 spiro atoms. The fourth-order valence-corrected chi connectivity index (χ4v) is 5.01. The Morgan fingerprint density at radius 1 is 0.889 bits per heavy atom. The molecule has 3 aromatic rings. The number of hydrogen-bond acceptors (Lipinski definition) is 6. The van der Waals surface area contributed by atoms with Gasteiger partial charge in [-0.15, -0.1) is 0 Å². The van der Waals surface area contributed by atoms with Crippen molar-refractivity contribution < 1.29 is 33.8 Å². The Labute approximate surface area is 263 Å². The molecule has 2 N–H and O–H groups in total. The summed E-state index contributed by atoms with van der Waals surface area (Å²) in [7, 11) is 0. The number of carboxylic acids is 1. The Kier molecular flexibility index (Phi) is 11.2. The number of hydrogen-bond donors (Lipinski definition) is 2. The lowest BCUT2D eigenvalue weighted by atomic mass is 10.0. The highest BCUT2D eigenvalue weighted by atomic mass is 16.6. The lowest BCUT2D eigenvalue weighted by Crippen LogP contribution is -2.40. The molecule has 1 heterocycles. The van der Waals surface area contributed by atoms with Crippen LogP contribution in [0.15, 0.2) is 72.8 Å². The van der Waals surface area contributed by atoms with Gasteiger partial charge in [0.05, 0.1) is 24.2 Å². The van der Waals surface area contributed by atoms with E-state index in [1.165, 1.54) is 4.90 Å². The van der Waals surface area contributed by atoms with E-state index in [0.717, 1.165) is 30.4 Å². The van der Waals surface area contributed by atoms with Crippen LogP contribution >= 0.6 is 0 Å². The number of nitrogens with one attached hydrogen (secondary N) is 1. The second-order valence-electron chi connectivity index (χ2n) is 12.0. The number of unbranched alkanes of at least 4 members (excludes halogenated alkanes) is 2. The molecule has 45 heavy (non-hydrogen) atoms. The molecular weight excluding hydrogens is 574 g/mol. The Morgan fingerprint density at radius 3 is 2.38 bits per heavy atom. The third kappa shape index (κ3) is 10.1. The molecule has 0 aliphatic carbocycles. The lowest BCUT2D eigenvalue weighted by molar-refractivity contribution is -0.137. The molecule has 0 aromatic heterocycles. The van der Waals surface area contributed by atoms with Gasteiger partial charge in [0, 0.05) is 13.1 Å². The summed E-state index contributed by atoms with van der Waals surface area (Å²) in [4.78, 5) is 53.3. The number of para-hydroxylation sites is 1. The van der Waals surface area contributed by atoms with Crippen LogP contribution in [0, 0.1) is 0 Å². The molecule has 0 fully saturated rings. The Balaban J connectivity index is 1.47. The molecule has 10 nitrogen and oxygen atoms in total. The summed E-state index contributed by atoms with van der Waals surface area (Å²) in [5.41, 5.74) is 2.07. The molecule has 0 radical (unpaired) electrons. The van der Waals surface area contributed by atoms with Gasteiger partial charge < -0.3 is 29.7 Å². The summed E-state index contributed by atoms with van der Waals surface area (Å²) in [6.45, 7) is 5.88. The third-order valence-electron chi connectivity index (χ3n) is 7.12. The van der Waals surface area contributed by atoms with Gasteiger partial charge in [0.15, 0.2) is 0 Å². The van der Waals surface area contributed by atoms with E-state index in [1.54, 1.807) is 11.0 Å². The zero-order valence-electron chi connectivity index (χ0n) is 26.1. The van der Waals surface area contributed by atoms with E-state index in [2.05, 4.69) is 5.32 Å². The molecule has 1 aliphatic heterocycles. The number of ether oxygens (including phenoxy) is 2. The molecule has 0 bridgehead atoms. The molecule has 0 unspecified atom stereocenters. The van der Waals surface area contributed by atoms with Crippen LogP contribution in [0.3, 0.4) is 0 Å². The van der Waals surface area contributed by atoms with Crippen molar-refractivity contribution in [1.82, 2.24) is 10.2 Å². The minimum absolute atomic E-state index is 0.0670. The van der Waals surface area contributed by atoms with Crippen molar-refractivity contribution in [3.05, 3.63) is 89.5 Å². The number of nitrogens with zero attached hydrogens (tertiary/aromatic N) is 2. The summed E-state index contributed by atoms with van der Waals surface area (Å²) in [5, 5.41) is 12.0. The van der Waals surface area contributed by atoms with Crippen molar-refractivity contribution in [2.45, 2.75) is 65.0 Å². The summed E-state index contributed by atoms with van der Waals surface area (Å²) >= 11 is 0. The van der Waals surface area contributed by atoms with E-state index in [4.69, 9.17) is 9.47 Å². The summed E-state index contributed by atoms with van der Waals surface area (Å²) in [6.07, 6.45) is 2.48. The van der Waals surface area contributed by atoms with Gasteiger partial charge in [0.2, 0.25) is 5.91 Å². The first kappa shape index (κ1) is 33.0. The van der Waals surface area contributed by atoms with Gasteiger partial charge in [0.1, 0.15) is 23.6 Å². The quantitative estimate of drug-likeness (QED) is 0.220. The maximum Gasteiger partial charge on any atom is 0.407 e. The number of rotatable bonds is 13. The Morgan fingerprint density at radius 2 is 1.64 bits per heavy atom. The van der Waals surface area contributed by atoms with Gasteiger partial charge in [-0.25, -0.2) is 4.79 Å². The molecule has 1 aliphatic rings. The predicted octanol–water partition coefficient (Wildman–Crippen LogP) is 6.18. The average molecular weight is 616 g/mol. The molecule has 0 atom stereocenters. The van der Waals surface area contributed by atoms with Gasteiger partial charge in [-0.1, -0.05) is 42.8 Å². The topological polar surface area (TPSA) is 125 Å². The molecule has 3 aromatic carbocycles. The monoisotopic (exact) mass is 615 g/mol. The SMILES string of the molecule is CC(C)(C)OC(=O)NCCCCCc1ccc2c(c1)C(=O)N(CCC(=O)O)CC(=O)N2Cc1cccc(Oc2ccccc2)c1. The summed E-state index contributed by atoms with van der Waals surface area (Å²) in [5.74, 6) is -0.394. The minimum atomic E-state index is -1.04. The predicted molar refractivity (Wildman–Crippen MR) is 171 cm³/mol.